The van der Waals surface area contributed by atoms with Crippen LogP contribution in [0.15, 0.2) is 65.3 Å². The van der Waals surface area contributed by atoms with Gasteiger partial charge in [-0.2, -0.15) is 5.26 Å². The fourth-order valence-corrected chi connectivity index (χ4v) is 4.67. The Bertz CT molecular complexity index is 1120. The number of hydrogen-bond acceptors (Lipinski definition) is 7. The van der Waals surface area contributed by atoms with Crippen molar-refractivity contribution in [3.8, 4) is 6.07 Å². The highest BCUT2D eigenvalue weighted by Crippen LogP contribution is 2.26. The van der Waals surface area contributed by atoms with Crippen molar-refractivity contribution in [3.05, 3.63) is 65.9 Å². The third kappa shape index (κ3) is 6.07. The normalized spacial score (nSPS) is 18.2. The number of carbonyl (C=O) groups is 1. The number of aliphatic imine (C=N–C) groups is 1. The first-order valence-corrected chi connectivity index (χ1v) is 12.0. The lowest BCUT2D eigenvalue weighted by Crippen LogP contribution is -2.51. The Morgan fingerprint density at radius 2 is 1.86 bits per heavy atom. The van der Waals surface area contributed by atoms with Crippen LogP contribution in [-0.4, -0.2) is 62.0 Å². The molecule has 35 heavy (non-hydrogen) atoms. The Balaban J connectivity index is 1.41. The molecule has 8 heteroatoms. The molecular weight excluding hydrogens is 440 g/mol. The predicted octanol–water partition coefficient (Wildman–Crippen LogP) is 3.43. The zero-order valence-electron chi connectivity index (χ0n) is 20.1. The quantitative estimate of drug-likeness (QED) is 0.493. The number of anilines is 2. The summed E-state index contributed by atoms with van der Waals surface area (Å²) in [7, 11) is 0. The van der Waals surface area contributed by atoms with Crippen LogP contribution in [0.1, 0.15) is 25.3 Å². The minimum absolute atomic E-state index is 0.278. The summed E-state index contributed by atoms with van der Waals surface area (Å²) in [6.45, 7) is 7.11. The van der Waals surface area contributed by atoms with E-state index in [0.717, 1.165) is 63.6 Å². The molecule has 2 aromatic carbocycles. The molecule has 2 heterocycles. The highest BCUT2D eigenvalue weighted by Gasteiger charge is 2.26. The lowest BCUT2D eigenvalue weighted by molar-refractivity contribution is -0.112. The van der Waals surface area contributed by atoms with E-state index in [9.17, 15) is 10.1 Å². The summed E-state index contributed by atoms with van der Waals surface area (Å²) in [4.78, 5) is 22.2. The molecule has 4 rings (SSSR count). The molecule has 2 aromatic rings. The van der Waals surface area contributed by atoms with Gasteiger partial charge in [-0.15, -0.1) is 0 Å². The van der Waals surface area contributed by atoms with Gasteiger partial charge in [0.05, 0.1) is 28.2 Å². The van der Waals surface area contributed by atoms with Gasteiger partial charge >= 0.3 is 0 Å². The highest BCUT2D eigenvalue weighted by atomic mass is 16.5. The first-order valence-electron chi connectivity index (χ1n) is 12.0. The number of hydrogen-bond donors (Lipinski definition) is 2. The highest BCUT2D eigenvalue weighted by molar-refractivity contribution is 6.25. The number of rotatable bonds is 6. The molecule has 2 aliphatic heterocycles. The van der Waals surface area contributed by atoms with Crippen LogP contribution >= 0.6 is 0 Å². The van der Waals surface area contributed by atoms with Gasteiger partial charge in [-0.1, -0.05) is 18.2 Å². The molecule has 0 saturated carbocycles. The van der Waals surface area contributed by atoms with E-state index in [4.69, 9.17) is 10.5 Å². The van der Waals surface area contributed by atoms with Crippen molar-refractivity contribution in [3.63, 3.8) is 0 Å². The number of nitrogens with one attached hydrogen (secondary N) is 1. The van der Waals surface area contributed by atoms with Gasteiger partial charge in [-0.05, 0) is 50.1 Å². The molecule has 0 bridgehead atoms. The Kier molecular flexibility index (Phi) is 8.14. The van der Waals surface area contributed by atoms with Crippen molar-refractivity contribution in [2.45, 2.75) is 25.8 Å². The molecular formula is C27H32N6O2. The topological polar surface area (TPSA) is 107 Å². The second-order valence-corrected chi connectivity index (χ2v) is 8.78. The Labute approximate surface area is 206 Å². The summed E-state index contributed by atoms with van der Waals surface area (Å²) in [5, 5.41) is 12.7. The number of para-hydroxylation sites is 1. The van der Waals surface area contributed by atoms with Crippen molar-refractivity contribution in [2.75, 3.05) is 49.6 Å². The standard InChI is InChI=1S/C27H32N6O2/c1-20(30-22-5-3-2-4-6-22)25(19-29)27(34)31-23-7-8-26(21(17-23)18-28)33-13-11-32(12-14-33)24-9-15-35-16-10-24/h2-8,17,19,24H,9-16,29H2,1H3,(H,31,34). The van der Waals surface area contributed by atoms with Crippen LogP contribution in [0.25, 0.3) is 0 Å². The van der Waals surface area contributed by atoms with Crippen molar-refractivity contribution in [2.24, 2.45) is 10.7 Å². The van der Waals surface area contributed by atoms with Crippen LogP contribution in [0.4, 0.5) is 17.1 Å². The maximum atomic E-state index is 12.9. The molecule has 2 aliphatic rings. The Morgan fingerprint density at radius 3 is 2.51 bits per heavy atom. The third-order valence-corrected chi connectivity index (χ3v) is 6.59. The number of benzene rings is 2. The summed E-state index contributed by atoms with van der Waals surface area (Å²) >= 11 is 0. The van der Waals surface area contributed by atoms with Crippen LogP contribution in [0, 0.1) is 11.3 Å². The van der Waals surface area contributed by atoms with E-state index in [1.165, 1.54) is 6.20 Å². The number of piperazine rings is 1. The Morgan fingerprint density at radius 1 is 1.14 bits per heavy atom. The lowest BCUT2D eigenvalue weighted by Gasteiger charge is -2.41. The van der Waals surface area contributed by atoms with E-state index in [1.807, 2.05) is 42.5 Å². The molecule has 0 radical (unpaired) electrons. The van der Waals surface area contributed by atoms with Gasteiger partial charge in [0, 0.05) is 57.3 Å². The van der Waals surface area contributed by atoms with Crippen molar-refractivity contribution < 1.29 is 9.53 Å². The van der Waals surface area contributed by atoms with E-state index in [2.05, 4.69) is 26.2 Å². The number of ether oxygens (including phenoxy) is 1. The molecule has 0 spiro atoms. The molecule has 8 nitrogen and oxygen atoms in total. The molecule has 0 aromatic heterocycles. The van der Waals surface area contributed by atoms with Crippen LogP contribution < -0.4 is 16.0 Å². The van der Waals surface area contributed by atoms with Crippen LogP contribution in [0.3, 0.4) is 0 Å². The largest absolute Gasteiger partial charge is 0.404 e. The molecule has 0 atom stereocenters. The van der Waals surface area contributed by atoms with Crippen LogP contribution in [-0.2, 0) is 9.53 Å². The van der Waals surface area contributed by atoms with E-state index < -0.39 is 0 Å². The fraction of sp³-hybridized carbons (Fsp3) is 0.370. The molecule has 1 amide bonds. The minimum atomic E-state index is -0.369. The second-order valence-electron chi connectivity index (χ2n) is 8.78. The third-order valence-electron chi connectivity index (χ3n) is 6.59. The van der Waals surface area contributed by atoms with Gasteiger partial charge in [0.25, 0.3) is 5.91 Å². The van der Waals surface area contributed by atoms with Gasteiger partial charge in [0.2, 0.25) is 0 Å². The van der Waals surface area contributed by atoms with Gasteiger partial charge < -0.3 is 20.7 Å². The number of nitriles is 1. The predicted molar refractivity (Wildman–Crippen MR) is 139 cm³/mol. The smallest absolute Gasteiger partial charge is 0.258 e. The maximum absolute atomic E-state index is 12.9. The first kappa shape index (κ1) is 24.5. The van der Waals surface area contributed by atoms with E-state index >= 15 is 0 Å². The minimum Gasteiger partial charge on any atom is -0.404 e. The molecule has 0 unspecified atom stereocenters. The number of nitrogens with two attached hydrogens (primary N) is 1. The van der Waals surface area contributed by atoms with Crippen LogP contribution in [0.5, 0.6) is 0 Å². The number of amides is 1. The molecule has 3 N–H and O–H groups in total. The maximum Gasteiger partial charge on any atom is 0.258 e. The van der Waals surface area contributed by atoms with E-state index in [0.29, 0.717) is 23.0 Å². The molecule has 0 aliphatic carbocycles. The first-order chi connectivity index (χ1) is 17.1. The molecule has 2 saturated heterocycles. The zero-order valence-corrected chi connectivity index (χ0v) is 20.1. The molecule has 182 valence electrons. The van der Waals surface area contributed by atoms with E-state index in [-0.39, 0.29) is 11.5 Å². The van der Waals surface area contributed by atoms with Crippen molar-refractivity contribution >= 4 is 28.7 Å². The van der Waals surface area contributed by atoms with Crippen molar-refractivity contribution in [1.82, 2.24) is 4.90 Å². The summed E-state index contributed by atoms with van der Waals surface area (Å²) < 4.78 is 5.49. The summed E-state index contributed by atoms with van der Waals surface area (Å²) in [6, 6.07) is 17.7. The Hall–Kier alpha value is -3.67. The SMILES string of the molecule is CC(=Nc1ccccc1)C(=CN)C(=O)Nc1ccc(N2CCN(C3CCOCC3)CC2)c(C#N)c1. The number of nitrogens with zero attached hydrogens (tertiary/aromatic N) is 4. The van der Waals surface area contributed by atoms with Gasteiger partial charge in [0.15, 0.2) is 0 Å². The average molecular weight is 473 g/mol. The van der Waals surface area contributed by atoms with Gasteiger partial charge in [-0.3, -0.25) is 14.7 Å². The summed E-state index contributed by atoms with van der Waals surface area (Å²) in [6.07, 6.45) is 3.44. The average Bonchev–Trinajstić information content (AvgIpc) is 2.90. The number of carbonyl (C=O) groups excluding carboxylic acids is 1. The summed E-state index contributed by atoms with van der Waals surface area (Å²) in [5.41, 5.74) is 9.26. The summed E-state index contributed by atoms with van der Waals surface area (Å²) in [5.74, 6) is -0.369. The van der Waals surface area contributed by atoms with Crippen LogP contribution in [0.2, 0.25) is 0 Å². The van der Waals surface area contributed by atoms with Crippen molar-refractivity contribution in [1.29, 1.82) is 5.26 Å². The molecule has 2 fully saturated rings. The second kappa shape index (κ2) is 11.6. The van der Waals surface area contributed by atoms with Gasteiger partial charge in [-0.25, -0.2) is 0 Å². The van der Waals surface area contributed by atoms with E-state index in [1.54, 1.807) is 13.0 Å². The monoisotopic (exact) mass is 472 g/mol. The zero-order chi connectivity index (χ0) is 24.6. The fourth-order valence-electron chi connectivity index (χ4n) is 4.67. The lowest BCUT2D eigenvalue weighted by atomic mass is 10.1. The van der Waals surface area contributed by atoms with Gasteiger partial charge in [0.1, 0.15) is 6.07 Å².